The Hall–Kier alpha value is -1.32. The van der Waals surface area contributed by atoms with Crippen LogP contribution in [0.1, 0.15) is 0 Å². The van der Waals surface area contributed by atoms with Gasteiger partial charge in [-0.25, -0.2) is 0 Å². The van der Waals surface area contributed by atoms with Crippen LogP contribution in [0.5, 0.6) is 0 Å². The lowest BCUT2D eigenvalue weighted by molar-refractivity contribution is 0.584. The normalized spacial score (nSPS) is 11.4. The van der Waals surface area contributed by atoms with E-state index >= 15 is 0 Å². The van der Waals surface area contributed by atoms with Crippen LogP contribution in [0.15, 0.2) is 87.5 Å². The van der Waals surface area contributed by atoms with Gasteiger partial charge in [0.2, 0.25) is 0 Å². The maximum Gasteiger partial charge on any atom is 0.182 e. The molecule has 3 aromatic rings. The van der Waals surface area contributed by atoms with Crippen molar-refractivity contribution in [3.8, 4) is 0 Å². The Morgan fingerprint density at radius 3 is 0.913 bits per heavy atom. The van der Waals surface area contributed by atoms with Crippen LogP contribution in [0, 0.1) is 0 Å². The van der Waals surface area contributed by atoms with Crippen molar-refractivity contribution in [2.75, 3.05) is 0 Å². The van der Waals surface area contributed by atoms with Gasteiger partial charge >= 0.3 is 0 Å². The maximum absolute atomic E-state index is 14.0. The molecule has 0 radical (unpaired) electrons. The van der Waals surface area contributed by atoms with Crippen molar-refractivity contribution in [3.05, 3.63) is 87.9 Å². The van der Waals surface area contributed by atoms with Gasteiger partial charge in [0.15, 0.2) is 24.6 Å². The number of hydrogen-bond acceptors (Lipinski definition) is 1. The Balaban J connectivity index is 2.24. The summed E-state index contributed by atoms with van der Waals surface area (Å²) in [6.45, 7) is 0. The Bertz CT molecular complexity index is 739. The van der Waals surface area contributed by atoms with E-state index < -0.39 is 9.93 Å². The zero-order valence-corrected chi connectivity index (χ0v) is 15.0. The highest BCUT2D eigenvalue weighted by atomic mass is 35.5. The molecule has 0 bridgehead atoms. The van der Waals surface area contributed by atoms with E-state index in [0.717, 1.165) is 0 Å². The third-order valence-corrected chi connectivity index (χ3v) is 7.00. The third-order valence-electron chi connectivity index (χ3n) is 3.44. The van der Waals surface area contributed by atoms with Gasteiger partial charge in [0.25, 0.3) is 0 Å². The predicted molar refractivity (Wildman–Crippen MR) is 97.2 cm³/mol. The Kier molecular flexibility index (Phi) is 4.79. The second-order valence-corrected chi connectivity index (χ2v) is 8.75. The van der Waals surface area contributed by atoms with Gasteiger partial charge in [-0.1, -0.05) is 39.0 Å². The summed E-state index contributed by atoms with van der Waals surface area (Å²) in [7, 11) is -2.65. The van der Waals surface area contributed by atoms with E-state index in [1.807, 2.05) is 0 Å². The molecule has 0 aliphatic heterocycles. The van der Waals surface area contributed by atoms with Gasteiger partial charge in [-0.2, -0.15) is 0 Å². The van der Waals surface area contributed by atoms with E-state index in [0.29, 0.717) is 29.8 Å². The first kappa shape index (κ1) is 16.5. The van der Waals surface area contributed by atoms with Crippen molar-refractivity contribution in [1.29, 1.82) is 0 Å². The number of halogens is 3. The highest BCUT2D eigenvalue weighted by Crippen LogP contribution is 2.37. The van der Waals surface area contributed by atoms with Crippen molar-refractivity contribution in [2.45, 2.75) is 14.7 Å². The van der Waals surface area contributed by atoms with Gasteiger partial charge in [-0.05, 0) is 72.8 Å². The van der Waals surface area contributed by atoms with Crippen molar-refractivity contribution in [3.63, 3.8) is 0 Å². The lowest BCUT2D eigenvalue weighted by Crippen LogP contribution is -2.12. The lowest BCUT2D eigenvalue weighted by Gasteiger charge is -2.12. The first-order chi connectivity index (χ1) is 11.0. The number of benzene rings is 3. The van der Waals surface area contributed by atoms with Crippen molar-refractivity contribution in [1.82, 2.24) is 0 Å². The average Bonchev–Trinajstić information content (AvgIpc) is 2.56. The van der Waals surface area contributed by atoms with E-state index in [1.54, 1.807) is 72.8 Å². The fraction of sp³-hybridized carbons (Fsp3) is 0. The molecule has 0 saturated heterocycles. The monoisotopic (exact) mass is 381 g/mol. The third kappa shape index (κ3) is 3.31. The van der Waals surface area contributed by atoms with Crippen molar-refractivity contribution in [2.24, 2.45) is 0 Å². The molecular weight excluding hydrogens is 371 g/mol. The van der Waals surface area contributed by atoms with Crippen LogP contribution in [-0.2, 0) is 14.1 Å². The predicted octanol–water partition coefficient (Wildman–Crippen LogP) is 6.62. The molecule has 0 aromatic heterocycles. The molecule has 0 heterocycles. The van der Waals surface area contributed by atoms with Crippen molar-refractivity contribution < 1.29 is 4.21 Å². The zero-order chi connectivity index (χ0) is 16.4. The summed E-state index contributed by atoms with van der Waals surface area (Å²) in [6, 6.07) is 21.1. The molecular formula is C18H12Cl3OS+. The molecule has 1 nitrogen and oxygen atoms in total. The van der Waals surface area contributed by atoms with Crippen LogP contribution in [0.4, 0.5) is 0 Å². The molecule has 5 heteroatoms. The zero-order valence-electron chi connectivity index (χ0n) is 11.9. The second-order valence-electron chi connectivity index (χ2n) is 4.92. The number of rotatable bonds is 3. The van der Waals surface area contributed by atoms with Crippen LogP contribution < -0.4 is 0 Å². The first-order valence-corrected chi connectivity index (χ1v) is 9.50. The van der Waals surface area contributed by atoms with Gasteiger partial charge in [0.1, 0.15) is 0 Å². The first-order valence-electron chi connectivity index (χ1n) is 6.81. The van der Waals surface area contributed by atoms with Crippen LogP contribution in [0.3, 0.4) is 0 Å². The maximum atomic E-state index is 14.0. The molecule has 0 fully saturated rings. The largest absolute Gasteiger partial charge is 0.182 e. The Morgan fingerprint density at radius 2 is 0.696 bits per heavy atom. The van der Waals surface area contributed by atoms with E-state index in [-0.39, 0.29) is 0 Å². The van der Waals surface area contributed by atoms with Gasteiger partial charge in [0.05, 0.1) is 0 Å². The topological polar surface area (TPSA) is 17.1 Å². The summed E-state index contributed by atoms with van der Waals surface area (Å²) in [5, 5.41) is 1.80. The van der Waals surface area contributed by atoms with E-state index in [1.165, 1.54) is 0 Å². The molecule has 0 amide bonds. The standard InChI is InChI=1S/C18H12Cl3OS/c19-13-1-7-16(8-2-13)23(22,17-9-3-14(20)4-10-17)18-11-5-15(21)6-12-18/h1-12H/q+1. The molecule has 0 atom stereocenters. The molecule has 23 heavy (non-hydrogen) atoms. The highest BCUT2D eigenvalue weighted by Gasteiger charge is 2.37. The summed E-state index contributed by atoms with van der Waals surface area (Å²) < 4.78 is 14.0. The molecule has 0 unspecified atom stereocenters. The van der Waals surface area contributed by atoms with Gasteiger partial charge < -0.3 is 0 Å². The lowest BCUT2D eigenvalue weighted by atomic mass is 10.3. The SMILES string of the molecule is O=[S+](c1ccc(Cl)cc1)(c1ccc(Cl)cc1)c1ccc(Cl)cc1. The highest BCUT2D eigenvalue weighted by molar-refractivity contribution is 8.03. The van der Waals surface area contributed by atoms with Crippen LogP contribution in [0.2, 0.25) is 15.1 Å². The van der Waals surface area contributed by atoms with E-state index in [4.69, 9.17) is 34.8 Å². The summed E-state index contributed by atoms with van der Waals surface area (Å²) in [6.07, 6.45) is 0. The summed E-state index contributed by atoms with van der Waals surface area (Å²) >= 11 is 17.9. The second kappa shape index (κ2) is 6.66. The smallest absolute Gasteiger partial charge is 0.0875 e. The van der Waals surface area contributed by atoms with Crippen LogP contribution >= 0.6 is 34.8 Å². The summed E-state index contributed by atoms with van der Waals surface area (Å²) in [5.41, 5.74) is 0. The van der Waals surface area contributed by atoms with Gasteiger partial charge in [-0.3, -0.25) is 0 Å². The van der Waals surface area contributed by atoms with Crippen LogP contribution in [-0.4, -0.2) is 0 Å². The molecule has 3 aromatic carbocycles. The molecule has 0 aliphatic carbocycles. The van der Waals surface area contributed by atoms with E-state index in [9.17, 15) is 4.21 Å². The molecule has 116 valence electrons. The average molecular weight is 383 g/mol. The number of hydrogen-bond donors (Lipinski definition) is 0. The minimum Gasteiger partial charge on any atom is -0.0875 e. The minimum atomic E-state index is -2.65. The molecule has 0 N–H and O–H groups in total. The fourth-order valence-electron chi connectivity index (χ4n) is 2.29. The van der Waals surface area contributed by atoms with E-state index in [2.05, 4.69) is 0 Å². The Labute approximate surface area is 151 Å². The minimum absolute atomic E-state index is 0.600. The molecule has 0 aliphatic rings. The molecule has 0 spiro atoms. The Morgan fingerprint density at radius 1 is 0.478 bits per heavy atom. The molecule has 0 saturated carbocycles. The van der Waals surface area contributed by atoms with Gasteiger partial charge in [0, 0.05) is 15.1 Å². The summed E-state index contributed by atoms with van der Waals surface area (Å²) in [5.74, 6) is 0. The summed E-state index contributed by atoms with van der Waals surface area (Å²) in [4.78, 5) is 2.06. The van der Waals surface area contributed by atoms with Gasteiger partial charge in [-0.15, -0.1) is 0 Å². The molecule has 3 rings (SSSR count). The fourth-order valence-corrected chi connectivity index (χ4v) is 5.04. The van der Waals surface area contributed by atoms with Crippen LogP contribution in [0.25, 0.3) is 0 Å². The quantitative estimate of drug-likeness (QED) is 0.465. The van der Waals surface area contributed by atoms with Crippen molar-refractivity contribution >= 4 is 44.7 Å².